The molecule has 0 saturated carbocycles. The summed E-state index contributed by atoms with van der Waals surface area (Å²) in [6, 6.07) is 0. The molecule has 0 N–H and O–H groups in total. The molecule has 0 aliphatic heterocycles. The van der Waals surface area contributed by atoms with Crippen LogP contribution in [0.5, 0.6) is 0 Å². The maximum Gasteiger partial charge on any atom is 0.306 e. The Morgan fingerprint density at radius 1 is 0.905 bits per heavy atom. The third-order valence-corrected chi connectivity index (χ3v) is 4.55. The standard InChI is InChI=1S/C18H34O2S/c1-3-4-5-6-7-8-9-10-11-12-13-14-16-21-17-15-18(19)20-2/h10-11H,3-9,12-17H2,1-2H3/b11-10-. The summed E-state index contributed by atoms with van der Waals surface area (Å²) >= 11 is 1.85. The molecule has 0 aromatic carbocycles. The largest absolute Gasteiger partial charge is 0.469 e. The van der Waals surface area contributed by atoms with Crippen LogP contribution in [0.25, 0.3) is 0 Å². The SMILES string of the molecule is CCCCCCCC/C=C\CCCCSCCC(=O)OC. The van der Waals surface area contributed by atoms with Gasteiger partial charge in [0.05, 0.1) is 13.5 Å². The van der Waals surface area contributed by atoms with E-state index < -0.39 is 0 Å². The van der Waals surface area contributed by atoms with Crippen LogP contribution in [0.15, 0.2) is 12.2 Å². The van der Waals surface area contributed by atoms with E-state index >= 15 is 0 Å². The van der Waals surface area contributed by atoms with Crippen LogP contribution in [-0.2, 0) is 9.53 Å². The first kappa shape index (κ1) is 20.6. The molecular weight excluding hydrogens is 280 g/mol. The Morgan fingerprint density at radius 2 is 1.52 bits per heavy atom. The van der Waals surface area contributed by atoms with Gasteiger partial charge >= 0.3 is 5.97 Å². The number of unbranched alkanes of at least 4 members (excludes halogenated alkanes) is 8. The lowest BCUT2D eigenvalue weighted by atomic mass is 10.1. The van der Waals surface area contributed by atoms with Crippen LogP contribution < -0.4 is 0 Å². The van der Waals surface area contributed by atoms with Gasteiger partial charge in [-0.3, -0.25) is 4.79 Å². The average Bonchev–Trinajstić information content (AvgIpc) is 2.50. The van der Waals surface area contributed by atoms with E-state index in [9.17, 15) is 4.79 Å². The van der Waals surface area contributed by atoms with Crippen molar-refractivity contribution in [1.82, 2.24) is 0 Å². The second-order valence-electron chi connectivity index (χ2n) is 5.46. The minimum atomic E-state index is -0.0971. The van der Waals surface area contributed by atoms with Crippen LogP contribution in [0.4, 0.5) is 0 Å². The van der Waals surface area contributed by atoms with Crippen LogP contribution in [0, 0.1) is 0 Å². The number of hydrogen-bond donors (Lipinski definition) is 0. The van der Waals surface area contributed by atoms with Crippen molar-refractivity contribution in [2.24, 2.45) is 0 Å². The van der Waals surface area contributed by atoms with E-state index in [-0.39, 0.29) is 5.97 Å². The monoisotopic (exact) mass is 314 g/mol. The molecule has 0 aliphatic rings. The van der Waals surface area contributed by atoms with Gasteiger partial charge in [0.15, 0.2) is 0 Å². The molecule has 0 aromatic heterocycles. The van der Waals surface area contributed by atoms with Crippen molar-refractivity contribution in [2.75, 3.05) is 18.6 Å². The Bertz CT molecular complexity index is 252. The van der Waals surface area contributed by atoms with E-state index in [0.29, 0.717) is 6.42 Å². The van der Waals surface area contributed by atoms with Gasteiger partial charge in [0.25, 0.3) is 0 Å². The van der Waals surface area contributed by atoms with Gasteiger partial charge in [0, 0.05) is 5.75 Å². The minimum Gasteiger partial charge on any atom is -0.469 e. The predicted octanol–water partition coefficient (Wildman–Crippen LogP) is 5.76. The Labute approximate surface area is 136 Å². The molecule has 0 atom stereocenters. The molecule has 0 unspecified atom stereocenters. The van der Waals surface area contributed by atoms with Gasteiger partial charge < -0.3 is 4.74 Å². The Kier molecular flexibility index (Phi) is 17.2. The average molecular weight is 315 g/mol. The molecule has 21 heavy (non-hydrogen) atoms. The lowest BCUT2D eigenvalue weighted by Gasteiger charge is -2.00. The summed E-state index contributed by atoms with van der Waals surface area (Å²) in [7, 11) is 1.45. The van der Waals surface area contributed by atoms with Gasteiger partial charge in [-0.2, -0.15) is 11.8 Å². The maximum absolute atomic E-state index is 10.9. The van der Waals surface area contributed by atoms with E-state index in [0.717, 1.165) is 11.5 Å². The van der Waals surface area contributed by atoms with E-state index in [1.165, 1.54) is 71.3 Å². The van der Waals surface area contributed by atoms with Gasteiger partial charge in [-0.25, -0.2) is 0 Å². The number of carbonyl (C=O) groups is 1. The van der Waals surface area contributed by atoms with Gasteiger partial charge in [0.1, 0.15) is 0 Å². The van der Waals surface area contributed by atoms with Gasteiger partial charge in [0.2, 0.25) is 0 Å². The van der Waals surface area contributed by atoms with Crippen molar-refractivity contribution in [3.8, 4) is 0 Å². The Morgan fingerprint density at radius 3 is 2.19 bits per heavy atom. The Balaban J connectivity index is 3.10. The first-order valence-electron chi connectivity index (χ1n) is 8.60. The second kappa shape index (κ2) is 17.6. The summed E-state index contributed by atoms with van der Waals surface area (Å²) in [4.78, 5) is 10.9. The van der Waals surface area contributed by atoms with Crippen molar-refractivity contribution in [1.29, 1.82) is 0 Å². The maximum atomic E-state index is 10.9. The molecule has 0 saturated heterocycles. The molecule has 0 aromatic rings. The van der Waals surface area contributed by atoms with Crippen LogP contribution in [0.1, 0.15) is 77.6 Å². The summed E-state index contributed by atoms with van der Waals surface area (Å²) in [6.07, 6.45) is 18.5. The Hall–Kier alpha value is -0.440. The van der Waals surface area contributed by atoms with Crippen molar-refractivity contribution in [3.63, 3.8) is 0 Å². The zero-order valence-electron chi connectivity index (χ0n) is 14.1. The predicted molar refractivity (Wildman–Crippen MR) is 94.9 cm³/mol. The van der Waals surface area contributed by atoms with Crippen LogP contribution in [0.3, 0.4) is 0 Å². The topological polar surface area (TPSA) is 26.3 Å². The molecule has 0 fully saturated rings. The molecule has 0 aliphatic carbocycles. The summed E-state index contributed by atoms with van der Waals surface area (Å²) < 4.78 is 4.61. The highest BCUT2D eigenvalue weighted by Crippen LogP contribution is 2.10. The molecule has 0 heterocycles. The fourth-order valence-electron chi connectivity index (χ4n) is 2.10. The van der Waals surface area contributed by atoms with Crippen LogP contribution in [0.2, 0.25) is 0 Å². The number of esters is 1. The van der Waals surface area contributed by atoms with Crippen molar-refractivity contribution in [3.05, 3.63) is 12.2 Å². The first-order valence-corrected chi connectivity index (χ1v) is 9.76. The molecule has 3 heteroatoms. The lowest BCUT2D eigenvalue weighted by Crippen LogP contribution is -2.01. The zero-order valence-corrected chi connectivity index (χ0v) is 14.9. The molecule has 0 spiro atoms. The first-order chi connectivity index (χ1) is 10.3. The normalized spacial score (nSPS) is 11.1. The number of allylic oxidation sites excluding steroid dienone is 2. The third-order valence-electron chi connectivity index (χ3n) is 3.48. The molecular formula is C18H34O2S. The molecule has 0 bridgehead atoms. The minimum absolute atomic E-state index is 0.0971. The van der Waals surface area contributed by atoms with Crippen LogP contribution in [-0.4, -0.2) is 24.6 Å². The van der Waals surface area contributed by atoms with E-state index in [1.54, 1.807) is 0 Å². The number of ether oxygens (including phenoxy) is 1. The summed E-state index contributed by atoms with van der Waals surface area (Å²) in [5.41, 5.74) is 0. The lowest BCUT2D eigenvalue weighted by molar-refractivity contribution is -0.140. The number of methoxy groups -OCH3 is 1. The molecule has 0 amide bonds. The molecule has 124 valence electrons. The highest BCUT2D eigenvalue weighted by Gasteiger charge is 1.98. The highest BCUT2D eigenvalue weighted by molar-refractivity contribution is 7.99. The number of rotatable bonds is 15. The number of hydrogen-bond acceptors (Lipinski definition) is 3. The quantitative estimate of drug-likeness (QED) is 0.218. The van der Waals surface area contributed by atoms with Crippen LogP contribution >= 0.6 is 11.8 Å². The van der Waals surface area contributed by atoms with Crippen molar-refractivity contribution >= 4 is 17.7 Å². The summed E-state index contributed by atoms with van der Waals surface area (Å²) in [5, 5.41) is 0. The van der Waals surface area contributed by atoms with E-state index in [4.69, 9.17) is 0 Å². The third kappa shape index (κ3) is 17.5. The molecule has 2 nitrogen and oxygen atoms in total. The molecule has 0 radical (unpaired) electrons. The molecule has 0 rings (SSSR count). The summed E-state index contributed by atoms with van der Waals surface area (Å²) in [6.45, 7) is 2.26. The fourth-order valence-corrected chi connectivity index (χ4v) is 3.03. The van der Waals surface area contributed by atoms with Gasteiger partial charge in [-0.05, 0) is 37.9 Å². The fraction of sp³-hybridized carbons (Fsp3) is 0.833. The summed E-state index contributed by atoms with van der Waals surface area (Å²) in [5.74, 6) is 1.95. The van der Waals surface area contributed by atoms with Gasteiger partial charge in [-0.15, -0.1) is 0 Å². The highest BCUT2D eigenvalue weighted by atomic mass is 32.2. The second-order valence-corrected chi connectivity index (χ2v) is 6.69. The van der Waals surface area contributed by atoms with E-state index in [2.05, 4.69) is 23.8 Å². The van der Waals surface area contributed by atoms with Crippen molar-refractivity contribution in [2.45, 2.75) is 77.6 Å². The van der Waals surface area contributed by atoms with Gasteiger partial charge in [-0.1, -0.05) is 51.2 Å². The smallest absolute Gasteiger partial charge is 0.306 e. The zero-order chi connectivity index (χ0) is 15.6. The van der Waals surface area contributed by atoms with E-state index in [1.807, 2.05) is 11.8 Å². The van der Waals surface area contributed by atoms with Crippen molar-refractivity contribution < 1.29 is 9.53 Å². The number of thioether (sulfide) groups is 1. The number of carbonyl (C=O) groups excluding carboxylic acids is 1.